The number of anilines is 1. The Kier molecular flexibility index (Phi) is 4.79. The van der Waals surface area contributed by atoms with Crippen LogP contribution in [0.15, 0.2) is 29.2 Å². The van der Waals surface area contributed by atoms with Crippen LogP contribution in [0.25, 0.3) is 0 Å². The Labute approximate surface area is 105 Å². The summed E-state index contributed by atoms with van der Waals surface area (Å²) < 4.78 is 27.5. The van der Waals surface area contributed by atoms with Crippen LogP contribution in [0, 0.1) is 0 Å². The highest BCUT2D eigenvalue weighted by Gasteiger charge is 2.19. The molecule has 18 heavy (non-hydrogen) atoms. The second kappa shape index (κ2) is 5.91. The summed E-state index contributed by atoms with van der Waals surface area (Å²) in [5, 5.41) is 7.46. The Balaban J connectivity index is 3.02. The van der Waals surface area contributed by atoms with E-state index in [1.165, 1.54) is 25.3 Å². The maximum absolute atomic E-state index is 11.7. The predicted octanol–water partition coefficient (Wildman–Crippen LogP) is -0.754. The van der Waals surface area contributed by atoms with Gasteiger partial charge in [0.2, 0.25) is 10.0 Å². The van der Waals surface area contributed by atoms with Crippen molar-refractivity contribution in [1.82, 2.24) is 0 Å². The van der Waals surface area contributed by atoms with Crippen LogP contribution in [0.2, 0.25) is 0 Å². The van der Waals surface area contributed by atoms with E-state index in [1.54, 1.807) is 6.07 Å². The minimum absolute atomic E-state index is 0.0140. The first-order chi connectivity index (χ1) is 8.40. The maximum atomic E-state index is 11.7. The average Bonchev–Trinajstić information content (AvgIpc) is 2.30. The molecule has 0 aromatic heterocycles. The second-order valence-electron chi connectivity index (χ2n) is 3.49. The summed E-state index contributed by atoms with van der Waals surface area (Å²) in [6, 6.07) is 5.82. The molecular formula is C10H15N3O4S. The molecule has 1 rings (SSSR count). The SMILES string of the molecule is COC(CN)C(=O)Nc1ccccc1S(N)(=O)=O. The number of sulfonamides is 1. The summed E-state index contributed by atoms with van der Waals surface area (Å²) in [6.07, 6.45) is -0.849. The van der Waals surface area contributed by atoms with Gasteiger partial charge in [0.15, 0.2) is 0 Å². The number of nitrogens with one attached hydrogen (secondary N) is 1. The van der Waals surface area contributed by atoms with Gasteiger partial charge in [-0.2, -0.15) is 0 Å². The molecule has 0 saturated heterocycles. The van der Waals surface area contributed by atoms with Crippen molar-refractivity contribution in [3.63, 3.8) is 0 Å². The topological polar surface area (TPSA) is 125 Å². The molecule has 0 saturated carbocycles. The third-order valence-electron chi connectivity index (χ3n) is 2.24. The molecule has 0 bridgehead atoms. The van der Waals surface area contributed by atoms with E-state index < -0.39 is 22.0 Å². The summed E-state index contributed by atoms with van der Waals surface area (Å²) in [5.74, 6) is -0.531. The van der Waals surface area contributed by atoms with Crippen molar-refractivity contribution in [2.24, 2.45) is 10.9 Å². The number of ether oxygens (including phenoxy) is 1. The van der Waals surface area contributed by atoms with Crippen molar-refractivity contribution in [3.8, 4) is 0 Å². The fourth-order valence-electron chi connectivity index (χ4n) is 1.34. The number of nitrogens with two attached hydrogens (primary N) is 2. The molecule has 100 valence electrons. The van der Waals surface area contributed by atoms with Gasteiger partial charge in [0.25, 0.3) is 5.91 Å². The van der Waals surface area contributed by atoms with Crippen molar-refractivity contribution >= 4 is 21.6 Å². The van der Waals surface area contributed by atoms with Gasteiger partial charge < -0.3 is 15.8 Å². The fourth-order valence-corrected chi connectivity index (χ4v) is 2.04. The predicted molar refractivity (Wildman–Crippen MR) is 66.3 cm³/mol. The number of methoxy groups -OCH3 is 1. The molecule has 0 spiro atoms. The molecule has 7 nitrogen and oxygen atoms in total. The lowest BCUT2D eigenvalue weighted by Gasteiger charge is -2.14. The number of para-hydroxylation sites is 1. The number of benzene rings is 1. The fraction of sp³-hybridized carbons (Fsp3) is 0.300. The van der Waals surface area contributed by atoms with Crippen LogP contribution < -0.4 is 16.2 Å². The average molecular weight is 273 g/mol. The Bertz CT molecular complexity index is 526. The summed E-state index contributed by atoms with van der Waals surface area (Å²) in [5.41, 5.74) is 5.43. The minimum Gasteiger partial charge on any atom is -0.370 e. The number of hydrogen-bond acceptors (Lipinski definition) is 5. The van der Waals surface area contributed by atoms with E-state index >= 15 is 0 Å². The summed E-state index contributed by atoms with van der Waals surface area (Å²) in [4.78, 5) is 11.5. The second-order valence-corrected chi connectivity index (χ2v) is 5.02. The van der Waals surface area contributed by atoms with Gasteiger partial charge in [-0.3, -0.25) is 4.79 Å². The monoisotopic (exact) mass is 273 g/mol. The molecule has 1 amide bonds. The van der Waals surface area contributed by atoms with Gasteiger partial charge in [0.05, 0.1) is 5.69 Å². The first kappa shape index (κ1) is 14.6. The zero-order valence-electron chi connectivity index (χ0n) is 9.79. The smallest absolute Gasteiger partial charge is 0.254 e. The molecule has 8 heteroatoms. The molecule has 1 atom stereocenters. The van der Waals surface area contributed by atoms with Gasteiger partial charge >= 0.3 is 0 Å². The Hall–Kier alpha value is -1.48. The lowest BCUT2D eigenvalue weighted by molar-refractivity contribution is -0.125. The van der Waals surface area contributed by atoms with Crippen molar-refractivity contribution in [1.29, 1.82) is 0 Å². The molecule has 0 aliphatic heterocycles. The molecule has 0 fully saturated rings. The van der Waals surface area contributed by atoms with E-state index in [-0.39, 0.29) is 17.1 Å². The lowest BCUT2D eigenvalue weighted by Crippen LogP contribution is -2.36. The number of hydrogen-bond donors (Lipinski definition) is 3. The van der Waals surface area contributed by atoms with Gasteiger partial charge in [-0.05, 0) is 12.1 Å². The quantitative estimate of drug-likeness (QED) is 0.650. The lowest BCUT2D eigenvalue weighted by atomic mass is 10.3. The van der Waals surface area contributed by atoms with E-state index in [4.69, 9.17) is 15.6 Å². The summed E-state index contributed by atoms with van der Waals surface area (Å²) in [7, 11) is -2.57. The minimum atomic E-state index is -3.91. The van der Waals surface area contributed by atoms with Gasteiger partial charge in [0, 0.05) is 13.7 Å². The summed E-state index contributed by atoms with van der Waals surface area (Å²) >= 11 is 0. The van der Waals surface area contributed by atoms with Crippen LogP contribution >= 0.6 is 0 Å². The zero-order valence-corrected chi connectivity index (χ0v) is 10.6. The number of amides is 1. The Morgan fingerprint density at radius 2 is 2.06 bits per heavy atom. The van der Waals surface area contributed by atoms with Crippen LogP contribution in [-0.2, 0) is 19.6 Å². The Morgan fingerprint density at radius 3 is 2.56 bits per heavy atom. The molecule has 0 aliphatic rings. The third-order valence-corrected chi connectivity index (χ3v) is 3.21. The molecule has 1 aromatic carbocycles. The van der Waals surface area contributed by atoms with Crippen molar-refractivity contribution < 1.29 is 17.9 Å². The van der Waals surface area contributed by atoms with Crippen LogP contribution in [0.5, 0.6) is 0 Å². The molecule has 0 radical (unpaired) electrons. The first-order valence-corrected chi connectivity index (χ1v) is 6.60. The molecule has 1 unspecified atom stereocenters. The third kappa shape index (κ3) is 3.50. The summed E-state index contributed by atoms with van der Waals surface area (Å²) in [6.45, 7) is -0.0140. The van der Waals surface area contributed by atoms with Crippen LogP contribution in [0.4, 0.5) is 5.69 Å². The van der Waals surface area contributed by atoms with Crippen molar-refractivity contribution in [3.05, 3.63) is 24.3 Å². The highest BCUT2D eigenvalue weighted by atomic mass is 32.2. The normalized spacial score (nSPS) is 13.1. The van der Waals surface area contributed by atoms with Gasteiger partial charge in [-0.25, -0.2) is 13.6 Å². The zero-order chi connectivity index (χ0) is 13.8. The molecule has 5 N–H and O–H groups in total. The Morgan fingerprint density at radius 1 is 1.44 bits per heavy atom. The van der Waals surface area contributed by atoms with E-state index in [1.807, 2.05) is 0 Å². The van der Waals surface area contributed by atoms with Gasteiger partial charge in [-0.15, -0.1) is 0 Å². The largest absolute Gasteiger partial charge is 0.370 e. The molecule has 0 heterocycles. The van der Waals surface area contributed by atoms with Crippen LogP contribution in [-0.4, -0.2) is 34.1 Å². The number of primary sulfonamides is 1. The first-order valence-electron chi connectivity index (χ1n) is 5.05. The molecule has 1 aromatic rings. The van der Waals surface area contributed by atoms with E-state index in [2.05, 4.69) is 5.32 Å². The molecular weight excluding hydrogens is 258 g/mol. The van der Waals surface area contributed by atoms with E-state index in [0.717, 1.165) is 0 Å². The standard InChI is InChI=1S/C10H15N3O4S/c1-17-8(6-11)10(14)13-7-4-2-3-5-9(7)18(12,15)16/h2-5,8H,6,11H2,1H3,(H,13,14)(H2,12,15,16). The van der Waals surface area contributed by atoms with Crippen molar-refractivity contribution in [2.45, 2.75) is 11.0 Å². The number of rotatable bonds is 5. The van der Waals surface area contributed by atoms with Crippen LogP contribution in [0.3, 0.4) is 0 Å². The maximum Gasteiger partial charge on any atom is 0.254 e. The number of carbonyl (C=O) groups excluding carboxylic acids is 1. The van der Waals surface area contributed by atoms with Crippen LogP contribution in [0.1, 0.15) is 0 Å². The van der Waals surface area contributed by atoms with E-state index in [0.29, 0.717) is 0 Å². The van der Waals surface area contributed by atoms with E-state index in [9.17, 15) is 13.2 Å². The van der Waals surface area contributed by atoms with Gasteiger partial charge in [0.1, 0.15) is 11.0 Å². The highest BCUT2D eigenvalue weighted by Crippen LogP contribution is 2.19. The highest BCUT2D eigenvalue weighted by molar-refractivity contribution is 7.89. The molecule has 0 aliphatic carbocycles. The number of carbonyl (C=O) groups is 1. The van der Waals surface area contributed by atoms with Crippen molar-refractivity contribution in [2.75, 3.05) is 19.0 Å². The van der Waals surface area contributed by atoms with Gasteiger partial charge in [-0.1, -0.05) is 12.1 Å².